The minimum absolute atomic E-state index is 0.0106. The molecule has 4 rings (SSSR count). The van der Waals surface area contributed by atoms with Crippen LogP contribution in [0, 0.1) is 0 Å². The molecule has 0 aliphatic rings. The molecular weight excluding hydrogens is 506 g/mol. The smallest absolute Gasteiger partial charge is 0.287 e. The number of aromatic hydroxyl groups is 2. The average Bonchev–Trinajstić information content (AvgIpc) is 3.37. The van der Waals surface area contributed by atoms with Gasteiger partial charge in [0.25, 0.3) is 11.8 Å². The highest BCUT2D eigenvalue weighted by molar-refractivity contribution is 5.98. The van der Waals surface area contributed by atoms with Crippen molar-refractivity contribution in [3.8, 4) is 28.7 Å². The Bertz CT molecular complexity index is 1560. The number of carbonyl (C=O) groups excluding carboxylic acids is 2. The maximum Gasteiger partial charge on any atom is 0.287 e. The van der Waals surface area contributed by atoms with E-state index in [4.69, 9.17) is 14.2 Å². The molecule has 0 atom stereocenters. The largest absolute Gasteiger partial charge is 0.507 e. The Morgan fingerprint density at radius 2 is 1.41 bits per heavy atom. The van der Waals surface area contributed by atoms with Gasteiger partial charge in [-0.15, -0.1) is 0 Å². The first-order valence-corrected chi connectivity index (χ1v) is 11.5. The molecule has 12 nitrogen and oxygen atoms in total. The van der Waals surface area contributed by atoms with Gasteiger partial charge < -0.3 is 29.4 Å². The number of methoxy groups -OCH3 is 2. The molecule has 0 aliphatic heterocycles. The number of nitrogens with one attached hydrogen (secondary N) is 3. The molecule has 0 aliphatic carbocycles. The molecule has 0 unspecified atom stereocenters. The summed E-state index contributed by atoms with van der Waals surface area (Å²) in [5, 5.41) is 28.2. The number of aromatic amines is 1. The molecule has 0 radical (unpaired) electrons. The number of carbonyl (C=O) groups is 2. The first-order chi connectivity index (χ1) is 18.9. The van der Waals surface area contributed by atoms with Crippen LogP contribution in [0.5, 0.6) is 28.7 Å². The Labute approximate surface area is 222 Å². The third kappa shape index (κ3) is 6.83. The van der Waals surface area contributed by atoms with Crippen molar-refractivity contribution >= 4 is 35.1 Å². The van der Waals surface area contributed by atoms with Crippen LogP contribution in [0.2, 0.25) is 0 Å². The van der Waals surface area contributed by atoms with E-state index in [1.807, 2.05) is 0 Å². The highest BCUT2D eigenvalue weighted by atomic mass is 16.5. The SMILES string of the molecule is COc1ccc(O)c(/C=N/NC(=O)COc2ccc3cc(C(=O)N/N=C/c4cc(OC)ccc4O)[nH]c3c2)c1. The van der Waals surface area contributed by atoms with Crippen LogP contribution in [0.1, 0.15) is 21.6 Å². The summed E-state index contributed by atoms with van der Waals surface area (Å²) in [4.78, 5) is 27.6. The van der Waals surface area contributed by atoms with Crippen molar-refractivity contribution in [1.29, 1.82) is 0 Å². The number of amides is 2. The molecule has 0 saturated heterocycles. The van der Waals surface area contributed by atoms with Crippen molar-refractivity contribution in [3.63, 3.8) is 0 Å². The zero-order valence-electron chi connectivity index (χ0n) is 21.0. The number of rotatable bonds is 10. The molecule has 200 valence electrons. The maximum atomic E-state index is 12.5. The molecule has 39 heavy (non-hydrogen) atoms. The molecule has 0 fully saturated rings. The summed E-state index contributed by atoms with van der Waals surface area (Å²) < 4.78 is 15.7. The number of fused-ring (bicyclic) bond motifs is 1. The molecule has 1 aromatic heterocycles. The predicted octanol–water partition coefficient (Wildman–Crippen LogP) is 2.89. The quantitative estimate of drug-likeness (QED) is 0.155. The van der Waals surface area contributed by atoms with E-state index in [0.717, 1.165) is 5.39 Å². The van der Waals surface area contributed by atoms with Gasteiger partial charge in [0, 0.05) is 28.1 Å². The Morgan fingerprint density at radius 1 is 0.821 bits per heavy atom. The number of aromatic nitrogens is 1. The van der Waals surface area contributed by atoms with Crippen LogP contribution in [0.25, 0.3) is 10.9 Å². The number of hydrogen-bond acceptors (Lipinski definition) is 9. The van der Waals surface area contributed by atoms with Gasteiger partial charge in [-0.1, -0.05) is 0 Å². The van der Waals surface area contributed by atoms with E-state index in [0.29, 0.717) is 33.9 Å². The van der Waals surface area contributed by atoms with E-state index in [2.05, 4.69) is 26.0 Å². The summed E-state index contributed by atoms with van der Waals surface area (Å²) in [5.74, 6) is 0.432. The lowest BCUT2D eigenvalue weighted by Gasteiger charge is -2.05. The number of hydrazone groups is 2. The van der Waals surface area contributed by atoms with Crippen molar-refractivity contribution in [1.82, 2.24) is 15.8 Å². The summed E-state index contributed by atoms with van der Waals surface area (Å²) in [5.41, 5.74) is 6.33. The minimum Gasteiger partial charge on any atom is -0.507 e. The van der Waals surface area contributed by atoms with E-state index in [9.17, 15) is 19.8 Å². The van der Waals surface area contributed by atoms with Gasteiger partial charge in [0.2, 0.25) is 0 Å². The summed E-state index contributed by atoms with van der Waals surface area (Å²) in [6.07, 6.45) is 2.59. The molecular formula is C27H25N5O7. The van der Waals surface area contributed by atoms with Gasteiger partial charge in [-0.05, 0) is 54.6 Å². The zero-order chi connectivity index (χ0) is 27.8. The van der Waals surface area contributed by atoms with Crippen molar-refractivity contribution in [2.45, 2.75) is 0 Å². The van der Waals surface area contributed by atoms with Gasteiger partial charge in [0.05, 0.1) is 26.6 Å². The highest BCUT2D eigenvalue weighted by Gasteiger charge is 2.11. The van der Waals surface area contributed by atoms with Crippen LogP contribution in [0.4, 0.5) is 0 Å². The van der Waals surface area contributed by atoms with Crippen LogP contribution in [-0.2, 0) is 4.79 Å². The van der Waals surface area contributed by atoms with E-state index in [1.165, 1.54) is 38.8 Å². The summed E-state index contributed by atoms with van der Waals surface area (Å²) in [6, 6.07) is 15.9. The Morgan fingerprint density at radius 3 is 2.03 bits per heavy atom. The monoisotopic (exact) mass is 531 g/mol. The Kier molecular flexibility index (Phi) is 8.27. The van der Waals surface area contributed by atoms with Crippen LogP contribution in [0.15, 0.2) is 70.9 Å². The van der Waals surface area contributed by atoms with Gasteiger partial charge in [0.1, 0.15) is 34.4 Å². The first-order valence-electron chi connectivity index (χ1n) is 11.5. The summed E-state index contributed by atoms with van der Waals surface area (Å²) >= 11 is 0. The van der Waals surface area contributed by atoms with Crippen LogP contribution < -0.4 is 25.1 Å². The summed E-state index contributed by atoms with van der Waals surface area (Å²) in [6.45, 7) is -0.313. The van der Waals surface area contributed by atoms with Gasteiger partial charge in [-0.3, -0.25) is 9.59 Å². The van der Waals surface area contributed by atoms with E-state index >= 15 is 0 Å². The molecule has 0 spiro atoms. The van der Waals surface area contributed by atoms with Crippen molar-refractivity contribution in [2.75, 3.05) is 20.8 Å². The lowest BCUT2D eigenvalue weighted by molar-refractivity contribution is -0.123. The maximum absolute atomic E-state index is 12.5. The fraction of sp³-hybridized carbons (Fsp3) is 0.111. The number of benzene rings is 3. The second-order valence-electron chi connectivity index (χ2n) is 8.06. The van der Waals surface area contributed by atoms with E-state index in [1.54, 1.807) is 48.5 Å². The van der Waals surface area contributed by atoms with Crippen molar-refractivity contribution in [2.24, 2.45) is 10.2 Å². The molecule has 0 saturated carbocycles. The number of phenols is 2. The normalized spacial score (nSPS) is 11.1. The van der Waals surface area contributed by atoms with Crippen LogP contribution in [-0.4, -0.2) is 60.3 Å². The van der Waals surface area contributed by atoms with Crippen molar-refractivity contribution in [3.05, 3.63) is 77.5 Å². The third-order valence-electron chi connectivity index (χ3n) is 5.44. The standard InChI is InChI=1S/C27H25N5O7/c1-37-19-5-7-24(33)17(9-19)13-28-31-26(35)15-39-21-4-3-16-11-23(30-22(16)12-21)27(36)32-29-14-18-10-20(38-2)6-8-25(18)34/h3-14,30,33-34H,15H2,1-2H3,(H,31,35)(H,32,36)/b28-13+,29-14+. The molecule has 2 amide bonds. The lowest BCUT2D eigenvalue weighted by Crippen LogP contribution is -2.24. The first kappa shape index (κ1) is 26.5. The molecule has 3 aromatic carbocycles. The fourth-order valence-corrected chi connectivity index (χ4v) is 3.42. The Hall–Kier alpha value is -5.52. The van der Waals surface area contributed by atoms with Gasteiger partial charge >= 0.3 is 0 Å². The van der Waals surface area contributed by atoms with Crippen LogP contribution >= 0.6 is 0 Å². The Balaban J connectivity index is 1.32. The number of phenolic OH excluding ortho intramolecular Hbond substituents is 2. The van der Waals surface area contributed by atoms with Crippen LogP contribution in [0.3, 0.4) is 0 Å². The topological polar surface area (TPSA) is 167 Å². The lowest BCUT2D eigenvalue weighted by atomic mass is 10.2. The number of hydrogen-bond donors (Lipinski definition) is 5. The molecule has 5 N–H and O–H groups in total. The van der Waals surface area contributed by atoms with Crippen molar-refractivity contribution < 1.29 is 34.0 Å². The second-order valence-corrected chi connectivity index (χ2v) is 8.06. The third-order valence-corrected chi connectivity index (χ3v) is 5.44. The minimum atomic E-state index is -0.514. The number of ether oxygens (including phenoxy) is 3. The molecule has 0 bridgehead atoms. The predicted molar refractivity (Wildman–Crippen MR) is 144 cm³/mol. The number of H-pyrrole nitrogens is 1. The molecule has 12 heteroatoms. The van der Waals surface area contributed by atoms with Gasteiger partial charge in [-0.25, -0.2) is 10.9 Å². The van der Waals surface area contributed by atoms with E-state index in [-0.39, 0.29) is 23.8 Å². The molecule has 1 heterocycles. The summed E-state index contributed by atoms with van der Waals surface area (Å²) in [7, 11) is 3.00. The highest BCUT2D eigenvalue weighted by Crippen LogP contribution is 2.23. The van der Waals surface area contributed by atoms with Gasteiger partial charge in [-0.2, -0.15) is 10.2 Å². The average molecular weight is 532 g/mol. The van der Waals surface area contributed by atoms with Gasteiger partial charge in [0.15, 0.2) is 6.61 Å². The zero-order valence-corrected chi connectivity index (χ0v) is 21.0. The number of nitrogens with zero attached hydrogens (tertiary/aromatic N) is 2. The second kappa shape index (κ2) is 12.1. The molecule has 4 aromatic rings. The fourth-order valence-electron chi connectivity index (χ4n) is 3.42. The van der Waals surface area contributed by atoms with E-state index < -0.39 is 11.8 Å².